The normalized spacial score (nSPS) is 11.0. The van der Waals surface area contributed by atoms with Gasteiger partial charge in [0.25, 0.3) is 15.9 Å². The predicted octanol–water partition coefficient (Wildman–Crippen LogP) is 3.74. The molecule has 0 atom stereocenters. The first-order valence-corrected chi connectivity index (χ1v) is 10.7. The first-order valence-electron chi connectivity index (χ1n) is 9.20. The highest BCUT2D eigenvalue weighted by Crippen LogP contribution is 2.18. The fourth-order valence-corrected chi connectivity index (χ4v) is 3.81. The SMILES string of the molecule is Cc1cccc(NS(=O)(=O)c2cccc(C(=O)NCCOc3cccc(F)c3)c2)c1. The van der Waals surface area contributed by atoms with Gasteiger partial charge in [-0.3, -0.25) is 9.52 Å². The molecule has 8 heteroatoms. The van der Waals surface area contributed by atoms with Crippen molar-refractivity contribution in [1.29, 1.82) is 0 Å². The highest BCUT2D eigenvalue weighted by molar-refractivity contribution is 7.92. The van der Waals surface area contributed by atoms with Crippen molar-refractivity contribution < 1.29 is 22.3 Å². The number of ether oxygens (including phenoxy) is 1. The second-order valence-electron chi connectivity index (χ2n) is 6.56. The number of aryl methyl sites for hydroxylation is 1. The number of amides is 1. The van der Waals surface area contributed by atoms with E-state index in [1.165, 1.54) is 42.5 Å². The maximum atomic E-state index is 13.1. The first-order chi connectivity index (χ1) is 14.3. The van der Waals surface area contributed by atoms with Gasteiger partial charge in [0.05, 0.1) is 11.4 Å². The van der Waals surface area contributed by atoms with Crippen LogP contribution in [0.4, 0.5) is 10.1 Å². The molecule has 0 aliphatic carbocycles. The largest absolute Gasteiger partial charge is 0.492 e. The molecule has 3 aromatic rings. The molecule has 2 N–H and O–H groups in total. The lowest BCUT2D eigenvalue weighted by Crippen LogP contribution is -2.28. The minimum Gasteiger partial charge on any atom is -0.492 e. The molecule has 1 amide bonds. The molecule has 0 aliphatic heterocycles. The van der Waals surface area contributed by atoms with E-state index in [1.807, 2.05) is 13.0 Å². The highest BCUT2D eigenvalue weighted by atomic mass is 32.2. The van der Waals surface area contributed by atoms with Crippen molar-refractivity contribution in [2.45, 2.75) is 11.8 Å². The summed E-state index contributed by atoms with van der Waals surface area (Å²) in [7, 11) is -3.84. The van der Waals surface area contributed by atoms with E-state index < -0.39 is 21.7 Å². The van der Waals surface area contributed by atoms with Gasteiger partial charge >= 0.3 is 0 Å². The highest BCUT2D eigenvalue weighted by Gasteiger charge is 2.16. The Morgan fingerprint density at radius 3 is 2.53 bits per heavy atom. The number of nitrogens with one attached hydrogen (secondary N) is 2. The molecule has 0 spiro atoms. The molecule has 3 rings (SSSR count). The summed E-state index contributed by atoms with van der Waals surface area (Å²) in [5.41, 5.74) is 1.57. The average molecular weight is 428 g/mol. The monoisotopic (exact) mass is 428 g/mol. The molecule has 156 valence electrons. The van der Waals surface area contributed by atoms with Gasteiger partial charge in [-0.05, 0) is 55.0 Å². The minimum absolute atomic E-state index is 0.0207. The van der Waals surface area contributed by atoms with Crippen molar-refractivity contribution in [2.24, 2.45) is 0 Å². The fourth-order valence-electron chi connectivity index (χ4n) is 2.72. The van der Waals surface area contributed by atoms with Crippen LogP contribution < -0.4 is 14.8 Å². The molecule has 6 nitrogen and oxygen atoms in total. The molecule has 0 aromatic heterocycles. The number of anilines is 1. The van der Waals surface area contributed by atoms with Crippen molar-refractivity contribution >= 4 is 21.6 Å². The van der Waals surface area contributed by atoms with E-state index in [1.54, 1.807) is 24.3 Å². The fraction of sp³-hybridized carbons (Fsp3) is 0.136. The van der Waals surface area contributed by atoms with Crippen molar-refractivity contribution in [1.82, 2.24) is 5.32 Å². The third kappa shape index (κ3) is 5.81. The van der Waals surface area contributed by atoms with Crippen LogP contribution in [0.15, 0.2) is 77.7 Å². The Bertz CT molecular complexity index is 1150. The first kappa shape index (κ1) is 21.3. The molecule has 0 fully saturated rings. The Hall–Kier alpha value is -3.39. The van der Waals surface area contributed by atoms with Gasteiger partial charge < -0.3 is 10.1 Å². The Balaban J connectivity index is 1.60. The maximum absolute atomic E-state index is 13.1. The summed E-state index contributed by atoms with van der Waals surface area (Å²) in [5.74, 6) is -0.487. The molecular formula is C22H21FN2O4S. The van der Waals surface area contributed by atoms with Crippen LogP contribution in [-0.2, 0) is 10.0 Å². The molecule has 0 unspecified atom stereocenters. The molecule has 3 aromatic carbocycles. The van der Waals surface area contributed by atoms with Gasteiger partial charge in [0.1, 0.15) is 18.2 Å². The van der Waals surface area contributed by atoms with E-state index in [-0.39, 0.29) is 23.6 Å². The van der Waals surface area contributed by atoms with E-state index in [0.717, 1.165) is 5.56 Å². The number of sulfonamides is 1. The molecule has 30 heavy (non-hydrogen) atoms. The molecule has 0 saturated carbocycles. The Morgan fingerprint density at radius 2 is 1.77 bits per heavy atom. The van der Waals surface area contributed by atoms with Gasteiger partial charge in [-0.15, -0.1) is 0 Å². The van der Waals surface area contributed by atoms with Crippen molar-refractivity contribution in [3.8, 4) is 5.75 Å². The molecule has 0 bridgehead atoms. The van der Waals surface area contributed by atoms with Crippen LogP contribution in [0, 0.1) is 12.7 Å². The number of benzene rings is 3. The summed E-state index contributed by atoms with van der Waals surface area (Å²) >= 11 is 0. The minimum atomic E-state index is -3.84. The van der Waals surface area contributed by atoms with E-state index in [4.69, 9.17) is 4.74 Å². The van der Waals surface area contributed by atoms with Gasteiger partial charge in [0.15, 0.2) is 0 Å². The Labute approximate surface area is 174 Å². The summed E-state index contributed by atoms with van der Waals surface area (Å²) < 4.78 is 46.3. The Kier molecular flexibility index (Phi) is 6.68. The molecule has 0 saturated heterocycles. The van der Waals surface area contributed by atoms with Gasteiger partial charge in [-0.2, -0.15) is 0 Å². The zero-order valence-corrected chi connectivity index (χ0v) is 17.1. The topological polar surface area (TPSA) is 84.5 Å². The van der Waals surface area contributed by atoms with Crippen LogP contribution in [0.25, 0.3) is 0 Å². The van der Waals surface area contributed by atoms with Crippen LogP contribution in [0.5, 0.6) is 5.75 Å². The number of hydrogen-bond acceptors (Lipinski definition) is 4. The molecule has 0 aliphatic rings. The van der Waals surface area contributed by atoms with E-state index >= 15 is 0 Å². The third-order valence-corrected chi connectivity index (χ3v) is 5.51. The van der Waals surface area contributed by atoms with Crippen LogP contribution >= 0.6 is 0 Å². The van der Waals surface area contributed by atoms with Gasteiger partial charge in [0, 0.05) is 17.3 Å². The molecule has 0 heterocycles. The lowest BCUT2D eigenvalue weighted by atomic mass is 10.2. The zero-order valence-electron chi connectivity index (χ0n) is 16.3. The second-order valence-corrected chi connectivity index (χ2v) is 8.25. The lowest BCUT2D eigenvalue weighted by molar-refractivity contribution is 0.0946. The maximum Gasteiger partial charge on any atom is 0.261 e. The number of rotatable bonds is 8. The lowest BCUT2D eigenvalue weighted by Gasteiger charge is -2.11. The van der Waals surface area contributed by atoms with Crippen LogP contribution in [0.3, 0.4) is 0 Å². The molecular weight excluding hydrogens is 407 g/mol. The summed E-state index contributed by atoms with van der Waals surface area (Å²) in [6, 6.07) is 18.4. The van der Waals surface area contributed by atoms with Crippen molar-refractivity contribution in [3.63, 3.8) is 0 Å². The summed E-state index contributed by atoms with van der Waals surface area (Å²) in [6.45, 7) is 2.18. The number of carbonyl (C=O) groups excluding carboxylic acids is 1. The summed E-state index contributed by atoms with van der Waals surface area (Å²) in [4.78, 5) is 12.3. The number of halogens is 1. The summed E-state index contributed by atoms with van der Waals surface area (Å²) in [6.07, 6.45) is 0. The van der Waals surface area contributed by atoms with Crippen LogP contribution in [0.2, 0.25) is 0 Å². The number of hydrogen-bond donors (Lipinski definition) is 2. The predicted molar refractivity (Wildman–Crippen MR) is 113 cm³/mol. The molecule has 0 radical (unpaired) electrons. The van der Waals surface area contributed by atoms with Gasteiger partial charge in [-0.25, -0.2) is 12.8 Å². The van der Waals surface area contributed by atoms with E-state index in [9.17, 15) is 17.6 Å². The van der Waals surface area contributed by atoms with E-state index in [0.29, 0.717) is 11.4 Å². The van der Waals surface area contributed by atoms with Crippen LogP contribution in [0.1, 0.15) is 15.9 Å². The van der Waals surface area contributed by atoms with Gasteiger partial charge in [-0.1, -0.05) is 24.3 Å². The Morgan fingerprint density at radius 1 is 1.00 bits per heavy atom. The summed E-state index contributed by atoms with van der Waals surface area (Å²) in [5, 5.41) is 2.65. The average Bonchev–Trinajstić information content (AvgIpc) is 2.71. The van der Waals surface area contributed by atoms with E-state index in [2.05, 4.69) is 10.0 Å². The quantitative estimate of drug-likeness (QED) is 0.536. The van der Waals surface area contributed by atoms with Crippen molar-refractivity contribution in [2.75, 3.05) is 17.9 Å². The number of carbonyl (C=O) groups is 1. The zero-order chi connectivity index (χ0) is 21.6. The van der Waals surface area contributed by atoms with Gasteiger partial charge in [0.2, 0.25) is 0 Å². The standard InChI is InChI=1S/C22H21FN2O4S/c1-16-5-2-8-19(13-16)25-30(27,28)21-10-3-6-17(14-21)22(26)24-11-12-29-20-9-4-7-18(23)15-20/h2-10,13-15,25H,11-12H2,1H3,(H,24,26). The third-order valence-electron chi connectivity index (χ3n) is 4.13. The van der Waals surface area contributed by atoms with Crippen molar-refractivity contribution in [3.05, 3.63) is 89.7 Å². The second kappa shape index (κ2) is 9.41. The smallest absolute Gasteiger partial charge is 0.261 e. The van der Waals surface area contributed by atoms with Crippen LogP contribution in [-0.4, -0.2) is 27.5 Å².